The SMILES string of the molecule is Cc1ccc(F)cc1C(=O)NCCc1ccc(C(F)(F)F)cc1. The molecule has 0 spiro atoms. The van der Waals surface area contributed by atoms with Crippen molar-refractivity contribution in [1.29, 1.82) is 0 Å². The van der Waals surface area contributed by atoms with Gasteiger partial charge < -0.3 is 5.32 Å². The van der Waals surface area contributed by atoms with Gasteiger partial charge in [-0.2, -0.15) is 13.2 Å². The topological polar surface area (TPSA) is 29.1 Å². The second kappa shape index (κ2) is 6.81. The number of benzene rings is 2. The van der Waals surface area contributed by atoms with Crippen molar-refractivity contribution in [3.63, 3.8) is 0 Å². The van der Waals surface area contributed by atoms with Gasteiger partial charge in [0, 0.05) is 12.1 Å². The molecule has 2 aromatic carbocycles. The first kappa shape index (κ1) is 17.0. The van der Waals surface area contributed by atoms with E-state index >= 15 is 0 Å². The summed E-state index contributed by atoms with van der Waals surface area (Å²) in [5.74, 6) is -0.905. The lowest BCUT2D eigenvalue weighted by atomic mass is 10.1. The van der Waals surface area contributed by atoms with Gasteiger partial charge in [0.25, 0.3) is 5.91 Å². The molecule has 0 aliphatic carbocycles. The summed E-state index contributed by atoms with van der Waals surface area (Å²) in [5.41, 5.74) is 0.866. The van der Waals surface area contributed by atoms with Crippen molar-refractivity contribution in [1.82, 2.24) is 5.32 Å². The minimum Gasteiger partial charge on any atom is -0.352 e. The Kier molecular flexibility index (Phi) is 5.03. The van der Waals surface area contributed by atoms with E-state index in [0.717, 1.165) is 18.2 Å². The summed E-state index contributed by atoms with van der Waals surface area (Å²) in [7, 11) is 0. The number of halogens is 4. The van der Waals surface area contributed by atoms with Gasteiger partial charge in [-0.15, -0.1) is 0 Å². The number of carbonyl (C=O) groups is 1. The predicted molar refractivity (Wildman–Crippen MR) is 78.6 cm³/mol. The van der Waals surface area contributed by atoms with Gasteiger partial charge in [-0.25, -0.2) is 4.39 Å². The predicted octanol–water partition coefficient (Wildman–Crippen LogP) is 4.13. The van der Waals surface area contributed by atoms with Crippen LogP contribution in [0.3, 0.4) is 0 Å². The Bertz CT molecular complexity index is 693. The normalized spacial score (nSPS) is 11.3. The number of hydrogen-bond donors (Lipinski definition) is 1. The average Bonchev–Trinajstić information content (AvgIpc) is 2.49. The molecule has 0 fully saturated rings. The fraction of sp³-hybridized carbons (Fsp3) is 0.235. The standard InChI is InChI=1S/C17H15F4NO/c1-11-2-7-14(18)10-15(11)16(23)22-9-8-12-3-5-13(6-4-12)17(19,20)21/h2-7,10H,8-9H2,1H3,(H,22,23). The number of nitrogens with one attached hydrogen (secondary N) is 1. The molecule has 0 aliphatic heterocycles. The van der Waals surface area contributed by atoms with Crippen LogP contribution in [0.15, 0.2) is 42.5 Å². The molecule has 1 amide bonds. The Morgan fingerprint density at radius 1 is 1.09 bits per heavy atom. The highest BCUT2D eigenvalue weighted by Gasteiger charge is 2.29. The fourth-order valence-electron chi connectivity index (χ4n) is 2.11. The van der Waals surface area contributed by atoms with Crippen LogP contribution in [0.25, 0.3) is 0 Å². The zero-order valence-corrected chi connectivity index (χ0v) is 12.4. The minimum absolute atomic E-state index is 0.248. The maximum Gasteiger partial charge on any atom is 0.416 e. The van der Waals surface area contributed by atoms with Crippen LogP contribution in [0.4, 0.5) is 17.6 Å². The van der Waals surface area contributed by atoms with Crippen molar-refractivity contribution in [2.45, 2.75) is 19.5 Å². The van der Waals surface area contributed by atoms with Gasteiger partial charge in [0.2, 0.25) is 0 Å². The van der Waals surface area contributed by atoms with Crippen LogP contribution in [-0.4, -0.2) is 12.5 Å². The highest BCUT2D eigenvalue weighted by atomic mass is 19.4. The first-order valence-corrected chi connectivity index (χ1v) is 6.98. The Balaban J connectivity index is 1.92. The Labute approximate surface area is 131 Å². The summed E-state index contributed by atoms with van der Waals surface area (Å²) in [5, 5.41) is 2.63. The van der Waals surface area contributed by atoms with Crippen LogP contribution in [0.5, 0.6) is 0 Å². The lowest BCUT2D eigenvalue weighted by molar-refractivity contribution is -0.137. The molecule has 0 atom stereocenters. The quantitative estimate of drug-likeness (QED) is 0.842. The lowest BCUT2D eigenvalue weighted by Gasteiger charge is -2.09. The second-order valence-electron chi connectivity index (χ2n) is 5.16. The third-order valence-electron chi connectivity index (χ3n) is 3.42. The molecule has 0 aromatic heterocycles. The molecule has 2 rings (SSSR count). The van der Waals surface area contributed by atoms with E-state index in [0.29, 0.717) is 17.5 Å². The van der Waals surface area contributed by atoms with E-state index in [1.54, 1.807) is 6.92 Å². The largest absolute Gasteiger partial charge is 0.416 e. The molecule has 23 heavy (non-hydrogen) atoms. The van der Waals surface area contributed by atoms with Crippen molar-refractivity contribution in [2.75, 3.05) is 6.54 Å². The van der Waals surface area contributed by atoms with Gasteiger partial charge in [0.15, 0.2) is 0 Å². The van der Waals surface area contributed by atoms with Gasteiger partial charge in [-0.1, -0.05) is 18.2 Å². The van der Waals surface area contributed by atoms with E-state index in [4.69, 9.17) is 0 Å². The zero-order valence-electron chi connectivity index (χ0n) is 12.4. The maximum atomic E-state index is 13.2. The van der Waals surface area contributed by atoms with E-state index < -0.39 is 23.5 Å². The number of rotatable bonds is 4. The number of aryl methyl sites for hydroxylation is 1. The Morgan fingerprint density at radius 3 is 2.35 bits per heavy atom. The van der Waals surface area contributed by atoms with Gasteiger partial charge in [0.05, 0.1) is 5.56 Å². The van der Waals surface area contributed by atoms with Crippen molar-refractivity contribution >= 4 is 5.91 Å². The third-order valence-corrected chi connectivity index (χ3v) is 3.42. The molecule has 2 aromatic rings. The molecule has 0 heterocycles. The number of hydrogen-bond acceptors (Lipinski definition) is 1. The molecular formula is C17H15F4NO. The van der Waals surface area contributed by atoms with Crippen molar-refractivity contribution in [2.24, 2.45) is 0 Å². The molecular weight excluding hydrogens is 310 g/mol. The molecule has 0 aliphatic rings. The molecule has 2 nitrogen and oxygen atoms in total. The second-order valence-corrected chi connectivity index (χ2v) is 5.16. The molecule has 1 N–H and O–H groups in total. The highest BCUT2D eigenvalue weighted by molar-refractivity contribution is 5.95. The van der Waals surface area contributed by atoms with Crippen molar-refractivity contribution in [3.05, 3.63) is 70.5 Å². The van der Waals surface area contributed by atoms with Crippen molar-refractivity contribution in [3.8, 4) is 0 Å². The number of carbonyl (C=O) groups excluding carboxylic acids is 1. The van der Waals surface area contributed by atoms with Crippen LogP contribution in [0.1, 0.15) is 27.0 Å². The Hall–Kier alpha value is -2.37. The summed E-state index contributed by atoms with van der Waals surface area (Å²) in [6.07, 6.45) is -3.97. The van der Waals surface area contributed by atoms with Crippen LogP contribution >= 0.6 is 0 Å². The van der Waals surface area contributed by atoms with Crippen molar-refractivity contribution < 1.29 is 22.4 Å². The number of amides is 1. The van der Waals surface area contributed by atoms with Gasteiger partial charge in [-0.05, 0) is 48.7 Å². The summed E-state index contributed by atoms with van der Waals surface area (Å²) in [6, 6.07) is 8.71. The fourth-order valence-corrected chi connectivity index (χ4v) is 2.11. The van der Waals surface area contributed by atoms with Gasteiger partial charge in [-0.3, -0.25) is 4.79 Å². The lowest BCUT2D eigenvalue weighted by Crippen LogP contribution is -2.26. The smallest absolute Gasteiger partial charge is 0.352 e. The van der Waals surface area contributed by atoms with E-state index in [2.05, 4.69) is 5.32 Å². The van der Waals surface area contributed by atoms with E-state index in [1.165, 1.54) is 24.3 Å². The zero-order chi connectivity index (χ0) is 17.0. The summed E-state index contributed by atoms with van der Waals surface area (Å²) >= 11 is 0. The van der Waals surface area contributed by atoms with E-state index in [9.17, 15) is 22.4 Å². The van der Waals surface area contributed by atoms with Gasteiger partial charge in [0.1, 0.15) is 5.82 Å². The summed E-state index contributed by atoms with van der Waals surface area (Å²) in [4.78, 5) is 12.0. The third kappa shape index (κ3) is 4.55. The molecule has 0 unspecified atom stereocenters. The first-order chi connectivity index (χ1) is 10.8. The van der Waals surface area contributed by atoms with Crippen LogP contribution in [0, 0.1) is 12.7 Å². The first-order valence-electron chi connectivity index (χ1n) is 6.98. The Morgan fingerprint density at radius 2 is 1.74 bits per heavy atom. The van der Waals surface area contributed by atoms with Gasteiger partial charge >= 0.3 is 6.18 Å². The minimum atomic E-state index is -4.36. The van der Waals surface area contributed by atoms with E-state index in [-0.39, 0.29) is 12.1 Å². The molecule has 0 bridgehead atoms. The monoisotopic (exact) mass is 325 g/mol. The van der Waals surface area contributed by atoms with Crippen LogP contribution in [-0.2, 0) is 12.6 Å². The molecule has 122 valence electrons. The molecule has 0 saturated carbocycles. The number of alkyl halides is 3. The maximum absolute atomic E-state index is 13.2. The molecule has 6 heteroatoms. The van der Waals surface area contributed by atoms with Crippen LogP contribution in [0.2, 0.25) is 0 Å². The highest BCUT2D eigenvalue weighted by Crippen LogP contribution is 2.29. The summed E-state index contributed by atoms with van der Waals surface area (Å²) in [6.45, 7) is 1.95. The van der Waals surface area contributed by atoms with E-state index in [1.807, 2.05) is 0 Å². The molecule has 0 radical (unpaired) electrons. The molecule has 0 saturated heterocycles. The summed E-state index contributed by atoms with van der Waals surface area (Å²) < 4.78 is 50.5. The van der Waals surface area contributed by atoms with Crippen LogP contribution < -0.4 is 5.32 Å². The average molecular weight is 325 g/mol.